The number of amides is 1. The minimum atomic E-state index is -0.264. The third-order valence-corrected chi connectivity index (χ3v) is 3.91. The van der Waals surface area contributed by atoms with Gasteiger partial charge in [-0.3, -0.25) is 9.59 Å². The Balaban J connectivity index is 1.90. The third kappa shape index (κ3) is 4.98. The van der Waals surface area contributed by atoms with Crippen LogP contribution in [0, 0.1) is 0 Å². The molecule has 0 spiro atoms. The summed E-state index contributed by atoms with van der Waals surface area (Å²) in [7, 11) is 1.54. The summed E-state index contributed by atoms with van der Waals surface area (Å²) in [6.07, 6.45) is 0.191. The van der Waals surface area contributed by atoms with Gasteiger partial charge in [-0.05, 0) is 30.3 Å². The van der Waals surface area contributed by atoms with Gasteiger partial charge in [0.25, 0.3) is 0 Å². The minimum Gasteiger partial charge on any atom is -0.497 e. The van der Waals surface area contributed by atoms with Gasteiger partial charge in [0.15, 0.2) is 5.78 Å². The Morgan fingerprint density at radius 2 is 1.83 bits per heavy atom. The van der Waals surface area contributed by atoms with Crippen LogP contribution >= 0.6 is 23.2 Å². The van der Waals surface area contributed by atoms with E-state index < -0.39 is 0 Å². The molecule has 2 aromatic rings. The fraction of sp³-hybridized carbons (Fsp3) is 0.176. The molecule has 0 aromatic heterocycles. The van der Waals surface area contributed by atoms with Gasteiger partial charge >= 0.3 is 0 Å². The first-order valence-corrected chi connectivity index (χ1v) is 7.67. The maximum atomic E-state index is 12.1. The maximum absolute atomic E-state index is 12.1. The third-order valence-electron chi connectivity index (χ3n) is 3.17. The van der Waals surface area contributed by atoms with Gasteiger partial charge in [-0.25, -0.2) is 0 Å². The molecule has 0 unspecified atom stereocenters. The first-order valence-electron chi connectivity index (χ1n) is 6.92. The van der Waals surface area contributed by atoms with Gasteiger partial charge in [0.05, 0.1) is 17.2 Å². The molecule has 4 nitrogen and oxygen atoms in total. The van der Waals surface area contributed by atoms with E-state index in [9.17, 15) is 9.59 Å². The van der Waals surface area contributed by atoms with E-state index in [1.165, 1.54) is 7.11 Å². The van der Waals surface area contributed by atoms with Gasteiger partial charge in [0.1, 0.15) is 5.75 Å². The van der Waals surface area contributed by atoms with Crippen LogP contribution < -0.4 is 10.1 Å². The standard InChI is InChI=1S/C17H15Cl2NO3/c1-23-13-4-2-3-11(9-13)16(21)7-8-17(22)20-12-5-6-14(18)15(19)10-12/h2-6,9-10H,7-8H2,1H3,(H,20,22). The molecule has 2 aromatic carbocycles. The molecule has 0 fully saturated rings. The molecule has 1 amide bonds. The Hall–Kier alpha value is -2.04. The van der Waals surface area contributed by atoms with Crippen molar-refractivity contribution in [3.8, 4) is 5.75 Å². The number of hydrogen-bond acceptors (Lipinski definition) is 3. The number of halogens is 2. The number of nitrogens with one attached hydrogen (secondary N) is 1. The van der Waals surface area contributed by atoms with Crippen molar-refractivity contribution in [2.45, 2.75) is 12.8 Å². The van der Waals surface area contributed by atoms with E-state index in [0.29, 0.717) is 27.0 Å². The van der Waals surface area contributed by atoms with E-state index in [0.717, 1.165) is 0 Å². The highest BCUT2D eigenvalue weighted by Gasteiger charge is 2.11. The lowest BCUT2D eigenvalue weighted by Crippen LogP contribution is -2.13. The summed E-state index contributed by atoms with van der Waals surface area (Å²) in [5.74, 6) is 0.226. The first-order chi connectivity index (χ1) is 11.0. The lowest BCUT2D eigenvalue weighted by Gasteiger charge is -2.07. The topological polar surface area (TPSA) is 55.4 Å². The number of carbonyl (C=O) groups excluding carboxylic acids is 2. The quantitative estimate of drug-likeness (QED) is 0.773. The molecule has 0 saturated heterocycles. The van der Waals surface area contributed by atoms with Crippen molar-refractivity contribution in [3.63, 3.8) is 0 Å². The van der Waals surface area contributed by atoms with Crippen LogP contribution in [0.3, 0.4) is 0 Å². The van der Waals surface area contributed by atoms with Crippen molar-refractivity contribution in [2.24, 2.45) is 0 Å². The minimum absolute atomic E-state index is 0.0797. The Bertz CT molecular complexity index is 732. The van der Waals surface area contributed by atoms with Gasteiger partial charge in [-0.15, -0.1) is 0 Å². The summed E-state index contributed by atoms with van der Waals surface area (Å²) < 4.78 is 5.08. The number of methoxy groups -OCH3 is 1. The summed E-state index contributed by atoms with van der Waals surface area (Å²) in [5, 5.41) is 3.45. The number of carbonyl (C=O) groups is 2. The molecule has 0 aliphatic rings. The zero-order valence-electron chi connectivity index (χ0n) is 12.4. The summed E-state index contributed by atoms with van der Waals surface area (Å²) >= 11 is 11.7. The van der Waals surface area contributed by atoms with E-state index in [1.54, 1.807) is 42.5 Å². The Kier molecular flexibility index (Phi) is 6.02. The number of anilines is 1. The van der Waals surface area contributed by atoms with Crippen LogP contribution in [0.1, 0.15) is 23.2 Å². The molecule has 2 rings (SSSR count). The largest absolute Gasteiger partial charge is 0.497 e. The highest BCUT2D eigenvalue weighted by atomic mass is 35.5. The molecule has 1 N–H and O–H groups in total. The zero-order valence-corrected chi connectivity index (χ0v) is 13.9. The molecule has 0 saturated carbocycles. The van der Waals surface area contributed by atoms with Gasteiger partial charge in [0.2, 0.25) is 5.91 Å². The van der Waals surface area contributed by atoms with E-state index in [2.05, 4.69) is 5.32 Å². The molecular formula is C17H15Cl2NO3. The summed E-state index contributed by atoms with van der Waals surface area (Å²) in [6, 6.07) is 11.7. The van der Waals surface area contributed by atoms with Crippen molar-refractivity contribution >= 4 is 40.6 Å². The molecule has 0 bridgehead atoms. The van der Waals surface area contributed by atoms with E-state index >= 15 is 0 Å². The second-order valence-corrected chi connectivity index (χ2v) is 5.65. The van der Waals surface area contributed by atoms with E-state index in [4.69, 9.17) is 27.9 Å². The Morgan fingerprint density at radius 3 is 2.52 bits per heavy atom. The van der Waals surface area contributed by atoms with Gasteiger partial charge < -0.3 is 10.1 Å². The highest BCUT2D eigenvalue weighted by Crippen LogP contribution is 2.25. The maximum Gasteiger partial charge on any atom is 0.224 e. The lowest BCUT2D eigenvalue weighted by molar-refractivity contribution is -0.116. The molecule has 120 valence electrons. The van der Waals surface area contributed by atoms with Crippen LogP contribution in [0.5, 0.6) is 5.75 Å². The van der Waals surface area contributed by atoms with Crippen LogP contribution in [-0.4, -0.2) is 18.8 Å². The molecule has 0 atom stereocenters. The van der Waals surface area contributed by atoms with Crippen molar-refractivity contribution in [1.29, 1.82) is 0 Å². The molecule has 23 heavy (non-hydrogen) atoms. The van der Waals surface area contributed by atoms with Gasteiger partial charge in [-0.2, -0.15) is 0 Å². The van der Waals surface area contributed by atoms with Crippen molar-refractivity contribution in [2.75, 3.05) is 12.4 Å². The second kappa shape index (κ2) is 7.99. The highest BCUT2D eigenvalue weighted by molar-refractivity contribution is 6.42. The molecule has 0 heterocycles. The summed E-state index contributed by atoms with van der Waals surface area (Å²) in [4.78, 5) is 24.0. The number of hydrogen-bond donors (Lipinski definition) is 1. The molecule has 0 aliphatic carbocycles. The molecular weight excluding hydrogens is 337 g/mol. The summed E-state index contributed by atoms with van der Waals surface area (Å²) in [6.45, 7) is 0. The average molecular weight is 352 g/mol. The lowest BCUT2D eigenvalue weighted by atomic mass is 10.1. The predicted octanol–water partition coefficient (Wildman–Crippen LogP) is 4.60. The van der Waals surface area contributed by atoms with E-state index in [1.807, 2.05) is 0 Å². The summed E-state index contributed by atoms with van der Waals surface area (Å²) in [5.41, 5.74) is 1.06. The monoisotopic (exact) mass is 351 g/mol. The fourth-order valence-corrected chi connectivity index (χ4v) is 2.26. The Morgan fingerprint density at radius 1 is 1.04 bits per heavy atom. The number of Topliss-reactive ketones (excluding diaryl/α,β-unsaturated/α-hetero) is 1. The van der Waals surface area contributed by atoms with Gasteiger partial charge in [0, 0.05) is 24.1 Å². The van der Waals surface area contributed by atoms with Crippen LogP contribution in [0.25, 0.3) is 0 Å². The average Bonchev–Trinajstić information content (AvgIpc) is 2.56. The normalized spacial score (nSPS) is 10.2. The van der Waals surface area contributed by atoms with E-state index in [-0.39, 0.29) is 24.5 Å². The Labute approximate surface area is 144 Å². The number of ether oxygens (including phenoxy) is 1. The second-order valence-electron chi connectivity index (χ2n) is 4.83. The van der Waals surface area contributed by atoms with Crippen molar-refractivity contribution in [1.82, 2.24) is 0 Å². The SMILES string of the molecule is COc1cccc(C(=O)CCC(=O)Nc2ccc(Cl)c(Cl)c2)c1. The molecule has 0 aliphatic heterocycles. The van der Waals surface area contributed by atoms with Crippen LogP contribution in [-0.2, 0) is 4.79 Å². The van der Waals surface area contributed by atoms with Crippen LogP contribution in [0.4, 0.5) is 5.69 Å². The first kappa shape index (κ1) is 17.3. The zero-order chi connectivity index (χ0) is 16.8. The van der Waals surface area contributed by atoms with Crippen LogP contribution in [0.2, 0.25) is 10.0 Å². The van der Waals surface area contributed by atoms with Crippen molar-refractivity contribution in [3.05, 3.63) is 58.1 Å². The molecule has 0 radical (unpaired) electrons. The number of benzene rings is 2. The predicted molar refractivity (Wildman–Crippen MR) is 91.7 cm³/mol. The smallest absolute Gasteiger partial charge is 0.224 e. The van der Waals surface area contributed by atoms with Crippen molar-refractivity contribution < 1.29 is 14.3 Å². The van der Waals surface area contributed by atoms with Crippen LogP contribution in [0.15, 0.2) is 42.5 Å². The molecule has 6 heteroatoms. The fourth-order valence-electron chi connectivity index (χ4n) is 1.97. The van der Waals surface area contributed by atoms with Gasteiger partial charge in [-0.1, -0.05) is 35.3 Å². The number of rotatable bonds is 6. The number of ketones is 1.